The molecule has 1 aromatic heterocycles. The number of pyridine rings is 1. The van der Waals surface area contributed by atoms with E-state index in [0.717, 1.165) is 6.07 Å². The lowest BCUT2D eigenvalue weighted by Gasteiger charge is -2.09. The summed E-state index contributed by atoms with van der Waals surface area (Å²) in [6.45, 7) is 1.38. The molecule has 1 heterocycles. The van der Waals surface area contributed by atoms with E-state index in [4.69, 9.17) is 10.5 Å². The second-order valence-corrected chi connectivity index (χ2v) is 2.88. The van der Waals surface area contributed by atoms with E-state index in [1.54, 1.807) is 0 Å². The van der Waals surface area contributed by atoms with Gasteiger partial charge in [-0.1, -0.05) is 0 Å². The lowest BCUT2D eigenvalue weighted by atomic mass is 10.1. The Kier molecular flexibility index (Phi) is 3.18. The van der Waals surface area contributed by atoms with Crippen molar-refractivity contribution in [2.24, 2.45) is 5.73 Å². The van der Waals surface area contributed by atoms with Crippen LogP contribution in [0.1, 0.15) is 28.2 Å². The van der Waals surface area contributed by atoms with Crippen molar-refractivity contribution in [3.8, 4) is 5.75 Å². The van der Waals surface area contributed by atoms with Crippen LogP contribution < -0.4 is 10.5 Å². The van der Waals surface area contributed by atoms with Gasteiger partial charge in [0.05, 0.1) is 7.11 Å². The molecule has 0 saturated heterocycles. The van der Waals surface area contributed by atoms with E-state index >= 15 is 0 Å². The molecule has 0 aliphatic rings. The number of carbonyl (C=O) groups is 1. The summed E-state index contributed by atoms with van der Waals surface area (Å²) in [6, 6.07) is 1.08. The minimum Gasteiger partial charge on any atom is -0.494 e. The van der Waals surface area contributed by atoms with Gasteiger partial charge in [0.25, 0.3) is 12.3 Å². The summed E-state index contributed by atoms with van der Waals surface area (Å²) in [5.74, 6) is -0.848. The zero-order valence-corrected chi connectivity index (χ0v) is 8.25. The van der Waals surface area contributed by atoms with Crippen molar-refractivity contribution in [1.82, 2.24) is 4.98 Å². The topological polar surface area (TPSA) is 65.2 Å². The molecule has 4 nitrogen and oxygen atoms in total. The van der Waals surface area contributed by atoms with Gasteiger partial charge in [0.1, 0.15) is 0 Å². The van der Waals surface area contributed by atoms with Gasteiger partial charge in [-0.3, -0.25) is 4.79 Å². The fourth-order valence-corrected chi connectivity index (χ4v) is 1.15. The first-order valence-electron chi connectivity index (χ1n) is 4.10. The number of alkyl halides is 2. The molecule has 0 saturated carbocycles. The number of aryl methyl sites for hydroxylation is 1. The Labute approximate surface area is 85.1 Å². The number of rotatable bonds is 3. The maximum Gasteiger partial charge on any atom is 0.271 e. The Morgan fingerprint density at radius 3 is 2.60 bits per heavy atom. The van der Waals surface area contributed by atoms with Crippen LogP contribution in [0.5, 0.6) is 5.75 Å². The molecule has 6 heteroatoms. The molecular weight excluding hydrogens is 206 g/mol. The SMILES string of the molecule is COc1cc(C(F)F)c(C)nc1C(N)=O. The van der Waals surface area contributed by atoms with Crippen molar-refractivity contribution in [1.29, 1.82) is 0 Å². The van der Waals surface area contributed by atoms with Gasteiger partial charge in [0.2, 0.25) is 0 Å². The summed E-state index contributed by atoms with van der Waals surface area (Å²) in [4.78, 5) is 14.6. The van der Waals surface area contributed by atoms with Crippen LogP contribution in [0.25, 0.3) is 0 Å². The third kappa shape index (κ3) is 2.20. The predicted octanol–water partition coefficient (Wildman–Crippen LogP) is 1.44. The maximum absolute atomic E-state index is 12.5. The van der Waals surface area contributed by atoms with Crippen LogP contribution in [0.2, 0.25) is 0 Å². The van der Waals surface area contributed by atoms with Gasteiger partial charge in [-0.05, 0) is 13.0 Å². The van der Waals surface area contributed by atoms with Crippen LogP contribution in [0.3, 0.4) is 0 Å². The van der Waals surface area contributed by atoms with E-state index in [0.29, 0.717) is 0 Å². The molecule has 0 aliphatic carbocycles. The Balaban J connectivity index is 3.35. The van der Waals surface area contributed by atoms with E-state index in [2.05, 4.69) is 4.98 Å². The van der Waals surface area contributed by atoms with Gasteiger partial charge < -0.3 is 10.5 Å². The number of nitrogens with zero attached hydrogens (tertiary/aromatic N) is 1. The summed E-state index contributed by atoms with van der Waals surface area (Å²) in [6.07, 6.45) is -2.66. The summed E-state index contributed by atoms with van der Waals surface area (Å²) >= 11 is 0. The van der Waals surface area contributed by atoms with Gasteiger partial charge in [0, 0.05) is 11.3 Å². The molecule has 0 radical (unpaired) electrons. The minimum absolute atomic E-state index is 0.0385. The molecule has 15 heavy (non-hydrogen) atoms. The molecule has 0 unspecified atom stereocenters. The fraction of sp³-hybridized carbons (Fsp3) is 0.333. The highest BCUT2D eigenvalue weighted by molar-refractivity contribution is 5.93. The molecular formula is C9H10F2N2O2. The number of amides is 1. The maximum atomic E-state index is 12.5. The van der Waals surface area contributed by atoms with Crippen molar-refractivity contribution in [2.75, 3.05) is 7.11 Å². The molecule has 1 amide bonds. The first-order valence-corrected chi connectivity index (χ1v) is 4.10. The summed E-state index contributed by atoms with van der Waals surface area (Å²) < 4.78 is 29.7. The van der Waals surface area contributed by atoms with Gasteiger partial charge in [-0.25, -0.2) is 13.8 Å². The number of carbonyl (C=O) groups excluding carboxylic acids is 1. The number of nitrogens with two attached hydrogens (primary N) is 1. The molecule has 1 aromatic rings. The van der Waals surface area contributed by atoms with Crippen molar-refractivity contribution >= 4 is 5.91 Å². The quantitative estimate of drug-likeness (QED) is 0.831. The van der Waals surface area contributed by atoms with Gasteiger partial charge in [-0.15, -0.1) is 0 Å². The fourth-order valence-electron chi connectivity index (χ4n) is 1.15. The third-order valence-corrected chi connectivity index (χ3v) is 1.91. The van der Waals surface area contributed by atoms with Gasteiger partial charge in [-0.2, -0.15) is 0 Å². The largest absolute Gasteiger partial charge is 0.494 e. The molecule has 0 atom stereocenters. The smallest absolute Gasteiger partial charge is 0.271 e. The number of halogens is 2. The second kappa shape index (κ2) is 4.20. The normalized spacial score (nSPS) is 10.5. The van der Waals surface area contributed by atoms with E-state index in [1.807, 2.05) is 0 Å². The average molecular weight is 216 g/mol. The minimum atomic E-state index is -2.66. The number of aromatic nitrogens is 1. The van der Waals surface area contributed by atoms with Crippen molar-refractivity contribution in [3.63, 3.8) is 0 Å². The Morgan fingerprint density at radius 2 is 2.20 bits per heavy atom. The van der Waals surface area contributed by atoms with Crippen LogP contribution in [0, 0.1) is 6.92 Å². The highest BCUT2D eigenvalue weighted by Crippen LogP contribution is 2.27. The predicted molar refractivity (Wildman–Crippen MR) is 49.0 cm³/mol. The second-order valence-electron chi connectivity index (χ2n) is 2.88. The average Bonchev–Trinajstić information content (AvgIpc) is 2.16. The monoisotopic (exact) mass is 216 g/mol. The molecule has 0 aromatic carbocycles. The Bertz CT molecular complexity index is 394. The number of ether oxygens (including phenoxy) is 1. The van der Waals surface area contributed by atoms with Gasteiger partial charge >= 0.3 is 0 Å². The highest BCUT2D eigenvalue weighted by atomic mass is 19.3. The molecule has 0 fully saturated rings. The number of hydrogen-bond donors (Lipinski definition) is 1. The first kappa shape index (κ1) is 11.4. The number of hydrogen-bond acceptors (Lipinski definition) is 3. The lowest BCUT2D eigenvalue weighted by Crippen LogP contribution is -2.16. The standard InChI is InChI=1S/C9H10F2N2O2/c1-4-5(8(10)11)3-6(15-2)7(13-4)9(12)14/h3,8H,1-2H3,(H2,12,14). The van der Waals surface area contributed by atoms with Crippen LogP contribution in [-0.4, -0.2) is 18.0 Å². The van der Waals surface area contributed by atoms with Crippen LogP contribution in [0.4, 0.5) is 8.78 Å². The summed E-state index contributed by atoms with van der Waals surface area (Å²) in [5.41, 5.74) is 4.68. The van der Waals surface area contributed by atoms with Crippen LogP contribution in [-0.2, 0) is 0 Å². The van der Waals surface area contributed by atoms with E-state index in [1.165, 1.54) is 14.0 Å². The molecule has 82 valence electrons. The van der Waals surface area contributed by atoms with Crippen LogP contribution >= 0.6 is 0 Å². The number of methoxy groups -OCH3 is 1. The lowest BCUT2D eigenvalue weighted by molar-refractivity contribution is 0.0990. The zero-order chi connectivity index (χ0) is 11.6. The molecule has 0 bridgehead atoms. The van der Waals surface area contributed by atoms with Crippen molar-refractivity contribution < 1.29 is 18.3 Å². The zero-order valence-electron chi connectivity index (χ0n) is 8.25. The van der Waals surface area contributed by atoms with Crippen LogP contribution in [0.15, 0.2) is 6.07 Å². The van der Waals surface area contributed by atoms with Crippen molar-refractivity contribution in [2.45, 2.75) is 13.3 Å². The highest BCUT2D eigenvalue weighted by Gasteiger charge is 2.18. The Hall–Kier alpha value is -1.72. The summed E-state index contributed by atoms with van der Waals surface area (Å²) in [7, 11) is 1.26. The Morgan fingerprint density at radius 1 is 1.60 bits per heavy atom. The third-order valence-electron chi connectivity index (χ3n) is 1.91. The van der Waals surface area contributed by atoms with E-state index in [9.17, 15) is 13.6 Å². The van der Waals surface area contributed by atoms with Gasteiger partial charge in [0.15, 0.2) is 11.4 Å². The molecule has 1 rings (SSSR count). The summed E-state index contributed by atoms with van der Waals surface area (Å²) in [5, 5.41) is 0. The number of primary amides is 1. The first-order chi connectivity index (χ1) is 6.97. The molecule has 0 spiro atoms. The van der Waals surface area contributed by atoms with E-state index in [-0.39, 0.29) is 22.7 Å². The van der Waals surface area contributed by atoms with Crippen molar-refractivity contribution in [3.05, 3.63) is 23.0 Å². The van der Waals surface area contributed by atoms with E-state index < -0.39 is 12.3 Å². The molecule has 0 aliphatic heterocycles. The molecule has 2 N–H and O–H groups in total.